The first-order valence-electron chi connectivity index (χ1n) is 5.42. The Kier molecular flexibility index (Phi) is 2.68. The third-order valence-corrected chi connectivity index (χ3v) is 3.06. The van der Waals surface area contributed by atoms with Crippen molar-refractivity contribution in [2.45, 2.75) is 24.9 Å². The lowest BCUT2D eigenvalue weighted by Crippen LogP contribution is -2.22. The molecule has 88 valence electrons. The second-order valence-electron chi connectivity index (χ2n) is 3.96. The average molecular weight is 251 g/mol. The topological polar surface area (TPSA) is 52.8 Å². The maximum atomic E-state index is 5.82. The molecule has 2 aromatic rings. The maximum Gasteiger partial charge on any atom is 0.166 e. The van der Waals surface area contributed by atoms with E-state index in [1.165, 1.54) is 5.56 Å². The molecule has 0 aliphatic carbocycles. The predicted octanol–water partition coefficient (Wildman–Crippen LogP) is 1.42. The molecule has 0 fully saturated rings. The number of alkyl halides is 1. The summed E-state index contributed by atoms with van der Waals surface area (Å²) in [5, 5.41) is 11.4. The summed E-state index contributed by atoms with van der Waals surface area (Å²) in [5.41, 5.74) is 1.23. The molecule has 0 amide bonds. The summed E-state index contributed by atoms with van der Waals surface area (Å²) in [4.78, 5) is 0. The number of nitrogens with zero attached hydrogens (tertiary/aromatic N) is 4. The van der Waals surface area contributed by atoms with Gasteiger partial charge in [-0.1, -0.05) is 18.2 Å². The Bertz CT molecular complexity index is 503. The van der Waals surface area contributed by atoms with Crippen LogP contribution in [0.15, 0.2) is 24.3 Å². The molecule has 0 bridgehead atoms. The van der Waals surface area contributed by atoms with E-state index in [0.29, 0.717) is 18.2 Å². The molecule has 1 aromatic carbocycles. The molecular weight excluding hydrogens is 240 g/mol. The van der Waals surface area contributed by atoms with Gasteiger partial charge in [0.05, 0.1) is 12.4 Å². The van der Waals surface area contributed by atoms with E-state index in [-0.39, 0.29) is 6.10 Å². The van der Waals surface area contributed by atoms with E-state index < -0.39 is 0 Å². The molecule has 0 radical (unpaired) electrons. The quantitative estimate of drug-likeness (QED) is 0.773. The molecule has 2 heterocycles. The molecule has 1 unspecified atom stereocenters. The Hall–Kier alpha value is -1.62. The van der Waals surface area contributed by atoms with Crippen molar-refractivity contribution in [1.29, 1.82) is 0 Å². The highest BCUT2D eigenvalue weighted by Crippen LogP contribution is 2.28. The molecule has 3 rings (SSSR count). The van der Waals surface area contributed by atoms with Crippen LogP contribution in [0.25, 0.3) is 0 Å². The summed E-state index contributed by atoms with van der Waals surface area (Å²) in [5.74, 6) is 1.94. The number of benzene rings is 1. The number of tetrazole rings is 1. The van der Waals surface area contributed by atoms with Crippen LogP contribution in [0, 0.1) is 0 Å². The van der Waals surface area contributed by atoms with E-state index in [2.05, 4.69) is 21.6 Å². The number of aromatic nitrogens is 4. The molecule has 1 aliphatic rings. The van der Waals surface area contributed by atoms with Crippen LogP contribution in [-0.2, 0) is 18.8 Å². The van der Waals surface area contributed by atoms with Gasteiger partial charge in [0.2, 0.25) is 0 Å². The number of hydrogen-bond acceptors (Lipinski definition) is 4. The van der Waals surface area contributed by atoms with Crippen molar-refractivity contribution in [2.75, 3.05) is 0 Å². The van der Waals surface area contributed by atoms with Crippen molar-refractivity contribution < 1.29 is 4.74 Å². The van der Waals surface area contributed by atoms with Crippen LogP contribution in [-0.4, -0.2) is 26.3 Å². The fourth-order valence-electron chi connectivity index (χ4n) is 2.01. The van der Waals surface area contributed by atoms with Crippen LogP contribution in [0.5, 0.6) is 5.75 Å². The molecule has 6 heteroatoms. The zero-order valence-electron chi connectivity index (χ0n) is 9.08. The second-order valence-corrected chi connectivity index (χ2v) is 4.23. The molecular formula is C11H11ClN4O. The van der Waals surface area contributed by atoms with Gasteiger partial charge < -0.3 is 4.74 Å². The number of hydrogen-bond donors (Lipinski definition) is 0. The maximum absolute atomic E-state index is 5.82. The normalized spacial score (nSPS) is 17.8. The van der Waals surface area contributed by atoms with Crippen molar-refractivity contribution in [3.05, 3.63) is 35.7 Å². The minimum atomic E-state index is 0.0814. The largest absolute Gasteiger partial charge is 0.488 e. The highest BCUT2D eigenvalue weighted by Gasteiger charge is 2.23. The Balaban J connectivity index is 1.74. The number of rotatable bonds is 3. The van der Waals surface area contributed by atoms with Crippen molar-refractivity contribution >= 4 is 11.6 Å². The fourth-order valence-corrected chi connectivity index (χ4v) is 2.20. The standard InChI is InChI=1S/C11H11ClN4O/c12-6-11-13-14-15-16(11)7-9-5-8-3-1-2-4-10(8)17-9/h1-4,9H,5-7H2. The van der Waals surface area contributed by atoms with E-state index in [1.807, 2.05) is 18.2 Å². The van der Waals surface area contributed by atoms with Crippen LogP contribution < -0.4 is 4.74 Å². The van der Waals surface area contributed by atoms with Crippen molar-refractivity contribution in [1.82, 2.24) is 20.2 Å². The van der Waals surface area contributed by atoms with Crippen LogP contribution in [0.2, 0.25) is 0 Å². The van der Waals surface area contributed by atoms with E-state index in [4.69, 9.17) is 16.3 Å². The lowest BCUT2D eigenvalue weighted by molar-refractivity contribution is 0.201. The summed E-state index contributed by atoms with van der Waals surface area (Å²) in [7, 11) is 0. The number of halogens is 1. The second kappa shape index (κ2) is 4.33. The Morgan fingerprint density at radius 1 is 1.41 bits per heavy atom. The van der Waals surface area contributed by atoms with Crippen LogP contribution in [0.3, 0.4) is 0 Å². The molecule has 1 atom stereocenters. The van der Waals surface area contributed by atoms with Gasteiger partial charge in [0, 0.05) is 6.42 Å². The van der Waals surface area contributed by atoms with Gasteiger partial charge in [-0.3, -0.25) is 0 Å². The summed E-state index contributed by atoms with van der Waals surface area (Å²) in [6.45, 7) is 0.629. The van der Waals surface area contributed by atoms with Crippen LogP contribution in [0.4, 0.5) is 0 Å². The summed E-state index contributed by atoms with van der Waals surface area (Å²) in [6, 6.07) is 8.06. The van der Waals surface area contributed by atoms with Crippen molar-refractivity contribution in [3.8, 4) is 5.75 Å². The van der Waals surface area contributed by atoms with Crippen molar-refractivity contribution in [2.24, 2.45) is 0 Å². The summed E-state index contributed by atoms with van der Waals surface area (Å²) < 4.78 is 7.52. The monoisotopic (exact) mass is 250 g/mol. The van der Waals surface area contributed by atoms with Crippen molar-refractivity contribution in [3.63, 3.8) is 0 Å². The first-order valence-corrected chi connectivity index (χ1v) is 5.96. The fraction of sp³-hybridized carbons (Fsp3) is 0.364. The van der Waals surface area contributed by atoms with Gasteiger partial charge in [0.1, 0.15) is 11.9 Å². The van der Waals surface area contributed by atoms with Crippen LogP contribution in [0.1, 0.15) is 11.4 Å². The smallest absolute Gasteiger partial charge is 0.166 e. The molecule has 0 spiro atoms. The van der Waals surface area contributed by atoms with Gasteiger partial charge in [-0.05, 0) is 22.1 Å². The summed E-state index contributed by atoms with van der Waals surface area (Å²) >= 11 is 5.74. The lowest BCUT2D eigenvalue weighted by atomic mass is 10.1. The highest BCUT2D eigenvalue weighted by molar-refractivity contribution is 6.16. The first kappa shape index (κ1) is 10.5. The third kappa shape index (κ3) is 1.98. The van der Waals surface area contributed by atoms with E-state index in [1.54, 1.807) is 4.68 Å². The van der Waals surface area contributed by atoms with Gasteiger partial charge in [-0.2, -0.15) is 0 Å². The lowest BCUT2D eigenvalue weighted by Gasteiger charge is -2.10. The van der Waals surface area contributed by atoms with Gasteiger partial charge >= 0.3 is 0 Å². The van der Waals surface area contributed by atoms with Gasteiger partial charge in [-0.15, -0.1) is 16.7 Å². The Labute approximate surface area is 103 Å². The SMILES string of the molecule is ClCc1nnnn1CC1Cc2ccccc2O1. The number of para-hydroxylation sites is 1. The van der Waals surface area contributed by atoms with E-state index in [9.17, 15) is 0 Å². The zero-order valence-corrected chi connectivity index (χ0v) is 9.84. The van der Waals surface area contributed by atoms with Gasteiger partial charge in [-0.25, -0.2) is 4.68 Å². The molecule has 0 saturated heterocycles. The van der Waals surface area contributed by atoms with Gasteiger partial charge in [0.25, 0.3) is 0 Å². The highest BCUT2D eigenvalue weighted by atomic mass is 35.5. The molecule has 5 nitrogen and oxygen atoms in total. The van der Waals surface area contributed by atoms with E-state index in [0.717, 1.165) is 12.2 Å². The summed E-state index contributed by atoms with van der Waals surface area (Å²) in [6.07, 6.45) is 0.968. The number of ether oxygens (including phenoxy) is 1. The molecule has 1 aromatic heterocycles. The minimum Gasteiger partial charge on any atom is -0.488 e. The zero-order chi connectivity index (χ0) is 11.7. The molecule has 0 saturated carbocycles. The Morgan fingerprint density at radius 2 is 2.29 bits per heavy atom. The number of fused-ring (bicyclic) bond motifs is 1. The molecule has 17 heavy (non-hydrogen) atoms. The van der Waals surface area contributed by atoms with Crippen LogP contribution >= 0.6 is 11.6 Å². The van der Waals surface area contributed by atoms with Gasteiger partial charge in [0.15, 0.2) is 5.82 Å². The predicted molar refractivity (Wildman–Crippen MR) is 61.9 cm³/mol. The third-order valence-electron chi connectivity index (χ3n) is 2.82. The average Bonchev–Trinajstić information content (AvgIpc) is 2.94. The van der Waals surface area contributed by atoms with E-state index >= 15 is 0 Å². The molecule has 1 aliphatic heterocycles. The minimum absolute atomic E-state index is 0.0814. The first-order chi connectivity index (χ1) is 8.36. The molecule has 0 N–H and O–H groups in total. The Morgan fingerprint density at radius 3 is 3.12 bits per heavy atom.